The lowest BCUT2D eigenvalue weighted by molar-refractivity contribution is -0.122. The van der Waals surface area contributed by atoms with Crippen LogP contribution in [0.4, 0.5) is 0 Å². The van der Waals surface area contributed by atoms with Crippen molar-refractivity contribution in [3.8, 4) is 0 Å². The summed E-state index contributed by atoms with van der Waals surface area (Å²) in [6.45, 7) is 1.92. The van der Waals surface area contributed by atoms with Gasteiger partial charge in [-0.3, -0.25) is 4.79 Å². The van der Waals surface area contributed by atoms with Crippen LogP contribution in [0.2, 0.25) is 0 Å². The Bertz CT molecular complexity index is 601. The molecule has 4 nitrogen and oxygen atoms in total. The van der Waals surface area contributed by atoms with Gasteiger partial charge in [-0.25, -0.2) is 8.42 Å². The van der Waals surface area contributed by atoms with E-state index >= 15 is 0 Å². The SMILES string of the molecule is CC(NC(=O)CCC1CCCC1)c1ccc(S(C)(=O)=O)cc1. The molecule has 0 aromatic heterocycles. The summed E-state index contributed by atoms with van der Waals surface area (Å²) >= 11 is 0. The zero-order valence-electron chi connectivity index (χ0n) is 13.3. The molecule has 2 rings (SSSR count). The Hall–Kier alpha value is -1.36. The Morgan fingerprint density at radius 1 is 1.23 bits per heavy atom. The third-order valence-corrected chi connectivity index (χ3v) is 5.57. The van der Waals surface area contributed by atoms with Gasteiger partial charge >= 0.3 is 0 Å². The van der Waals surface area contributed by atoms with Crippen molar-refractivity contribution >= 4 is 15.7 Å². The van der Waals surface area contributed by atoms with E-state index in [4.69, 9.17) is 0 Å². The first-order valence-corrected chi connectivity index (χ1v) is 9.85. The van der Waals surface area contributed by atoms with Crippen LogP contribution in [-0.4, -0.2) is 20.6 Å². The number of amides is 1. The molecule has 0 aliphatic heterocycles. The predicted octanol–water partition coefficient (Wildman–Crippen LogP) is 3.24. The van der Waals surface area contributed by atoms with Gasteiger partial charge in [0, 0.05) is 12.7 Å². The molecular weight excluding hydrogens is 298 g/mol. The van der Waals surface area contributed by atoms with Crippen molar-refractivity contribution in [2.24, 2.45) is 5.92 Å². The van der Waals surface area contributed by atoms with Crippen LogP contribution in [0, 0.1) is 5.92 Å². The summed E-state index contributed by atoms with van der Waals surface area (Å²) < 4.78 is 22.9. The third kappa shape index (κ3) is 4.83. The first-order chi connectivity index (χ1) is 10.4. The molecule has 122 valence electrons. The third-order valence-electron chi connectivity index (χ3n) is 4.44. The Balaban J connectivity index is 1.85. The van der Waals surface area contributed by atoms with Gasteiger partial charge in [-0.05, 0) is 37.0 Å². The Labute approximate surface area is 133 Å². The minimum Gasteiger partial charge on any atom is -0.350 e. The number of hydrogen-bond acceptors (Lipinski definition) is 3. The summed E-state index contributed by atoms with van der Waals surface area (Å²) in [6, 6.07) is 6.60. The molecule has 0 saturated heterocycles. The molecule has 0 radical (unpaired) electrons. The molecule has 22 heavy (non-hydrogen) atoms. The van der Waals surface area contributed by atoms with Gasteiger partial charge in [0.05, 0.1) is 10.9 Å². The van der Waals surface area contributed by atoms with Crippen LogP contribution in [0.15, 0.2) is 29.2 Å². The maximum atomic E-state index is 12.0. The van der Waals surface area contributed by atoms with E-state index in [1.54, 1.807) is 24.3 Å². The van der Waals surface area contributed by atoms with Crippen LogP contribution in [0.5, 0.6) is 0 Å². The maximum absolute atomic E-state index is 12.0. The molecule has 1 aliphatic carbocycles. The van der Waals surface area contributed by atoms with Crippen molar-refractivity contribution in [3.63, 3.8) is 0 Å². The van der Waals surface area contributed by atoms with Crippen LogP contribution in [-0.2, 0) is 14.6 Å². The van der Waals surface area contributed by atoms with Gasteiger partial charge in [-0.2, -0.15) is 0 Å². The number of rotatable bonds is 6. The molecule has 0 bridgehead atoms. The molecule has 1 saturated carbocycles. The lowest BCUT2D eigenvalue weighted by Crippen LogP contribution is -2.26. The Morgan fingerprint density at radius 3 is 2.36 bits per heavy atom. The van der Waals surface area contributed by atoms with Crippen molar-refractivity contribution in [3.05, 3.63) is 29.8 Å². The first kappa shape index (κ1) is 17.0. The average Bonchev–Trinajstić information content (AvgIpc) is 2.97. The fraction of sp³-hybridized carbons (Fsp3) is 0.588. The van der Waals surface area contributed by atoms with E-state index in [1.807, 2.05) is 6.92 Å². The molecule has 0 spiro atoms. The summed E-state index contributed by atoms with van der Waals surface area (Å²) in [7, 11) is -3.17. The topological polar surface area (TPSA) is 63.2 Å². The van der Waals surface area contributed by atoms with Gasteiger partial charge in [0.1, 0.15) is 0 Å². The number of hydrogen-bond donors (Lipinski definition) is 1. The molecular formula is C17H25NO3S. The average molecular weight is 323 g/mol. The van der Waals surface area contributed by atoms with Crippen molar-refractivity contribution in [2.45, 2.75) is 56.4 Å². The molecule has 1 fully saturated rings. The van der Waals surface area contributed by atoms with Crippen molar-refractivity contribution in [1.82, 2.24) is 5.32 Å². The van der Waals surface area contributed by atoms with Gasteiger partial charge in [-0.1, -0.05) is 37.8 Å². The summed E-state index contributed by atoms with van der Waals surface area (Å²) in [5, 5.41) is 2.99. The molecule has 0 heterocycles. The van der Waals surface area contributed by atoms with Crippen LogP contribution in [0.1, 0.15) is 57.1 Å². The second-order valence-corrected chi connectivity index (χ2v) is 8.34. The van der Waals surface area contributed by atoms with Crippen molar-refractivity contribution in [1.29, 1.82) is 0 Å². The highest BCUT2D eigenvalue weighted by Crippen LogP contribution is 2.28. The normalized spacial score (nSPS) is 17.4. The second kappa shape index (κ2) is 7.27. The Morgan fingerprint density at radius 2 is 1.82 bits per heavy atom. The molecule has 1 N–H and O–H groups in total. The standard InChI is InChI=1S/C17H25NO3S/c1-13(15-8-10-16(11-9-15)22(2,20)21)18-17(19)12-7-14-5-3-4-6-14/h8-11,13-14H,3-7,12H2,1-2H3,(H,18,19). The van der Waals surface area contributed by atoms with E-state index in [0.717, 1.165) is 17.9 Å². The molecule has 1 aromatic rings. The predicted molar refractivity (Wildman–Crippen MR) is 87.3 cm³/mol. The van der Waals surface area contributed by atoms with E-state index < -0.39 is 9.84 Å². The summed E-state index contributed by atoms with van der Waals surface area (Å²) in [5.74, 6) is 0.793. The van der Waals surface area contributed by atoms with E-state index in [2.05, 4.69) is 5.32 Å². The number of benzene rings is 1. The van der Waals surface area contributed by atoms with E-state index in [0.29, 0.717) is 11.3 Å². The molecule has 1 unspecified atom stereocenters. The summed E-state index contributed by atoms with van der Waals surface area (Å²) in [4.78, 5) is 12.3. The van der Waals surface area contributed by atoms with Crippen LogP contribution < -0.4 is 5.32 Å². The number of carbonyl (C=O) groups excluding carboxylic acids is 1. The van der Waals surface area contributed by atoms with Gasteiger partial charge in [0.15, 0.2) is 9.84 Å². The zero-order chi connectivity index (χ0) is 16.2. The fourth-order valence-corrected chi connectivity index (χ4v) is 3.67. The second-order valence-electron chi connectivity index (χ2n) is 6.32. The maximum Gasteiger partial charge on any atom is 0.220 e. The highest BCUT2D eigenvalue weighted by molar-refractivity contribution is 7.90. The van der Waals surface area contributed by atoms with Gasteiger partial charge in [-0.15, -0.1) is 0 Å². The van der Waals surface area contributed by atoms with E-state index in [-0.39, 0.29) is 11.9 Å². The minimum atomic E-state index is -3.17. The molecule has 1 atom stereocenters. The largest absolute Gasteiger partial charge is 0.350 e. The lowest BCUT2D eigenvalue weighted by Gasteiger charge is -2.15. The highest BCUT2D eigenvalue weighted by atomic mass is 32.2. The molecule has 1 amide bonds. The van der Waals surface area contributed by atoms with Gasteiger partial charge < -0.3 is 5.32 Å². The summed E-state index contributed by atoms with van der Waals surface area (Å²) in [5.41, 5.74) is 0.918. The monoisotopic (exact) mass is 323 g/mol. The number of nitrogens with one attached hydrogen (secondary N) is 1. The van der Waals surface area contributed by atoms with Gasteiger partial charge in [0.2, 0.25) is 5.91 Å². The fourth-order valence-electron chi connectivity index (χ4n) is 3.03. The highest BCUT2D eigenvalue weighted by Gasteiger charge is 2.17. The molecule has 5 heteroatoms. The van der Waals surface area contributed by atoms with Crippen molar-refractivity contribution < 1.29 is 13.2 Å². The summed E-state index contributed by atoms with van der Waals surface area (Å²) in [6.07, 6.45) is 7.87. The minimum absolute atomic E-state index is 0.0755. The van der Waals surface area contributed by atoms with E-state index in [1.165, 1.54) is 31.9 Å². The molecule has 1 aromatic carbocycles. The smallest absolute Gasteiger partial charge is 0.220 e. The number of sulfone groups is 1. The first-order valence-electron chi connectivity index (χ1n) is 7.95. The van der Waals surface area contributed by atoms with Gasteiger partial charge in [0.25, 0.3) is 0 Å². The van der Waals surface area contributed by atoms with Crippen LogP contribution in [0.3, 0.4) is 0 Å². The quantitative estimate of drug-likeness (QED) is 0.874. The Kier molecular flexibility index (Phi) is 5.62. The lowest BCUT2D eigenvalue weighted by atomic mass is 10.0. The number of carbonyl (C=O) groups is 1. The van der Waals surface area contributed by atoms with E-state index in [9.17, 15) is 13.2 Å². The van der Waals surface area contributed by atoms with Crippen LogP contribution >= 0.6 is 0 Å². The van der Waals surface area contributed by atoms with Crippen LogP contribution in [0.25, 0.3) is 0 Å². The van der Waals surface area contributed by atoms with Crippen molar-refractivity contribution in [2.75, 3.05) is 6.26 Å². The zero-order valence-corrected chi connectivity index (χ0v) is 14.2. The molecule has 1 aliphatic rings.